The van der Waals surface area contributed by atoms with E-state index in [1.807, 2.05) is 6.08 Å². The lowest BCUT2D eigenvalue weighted by Gasteiger charge is -2.11. The lowest BCUT2D eigenvalue weighted by atomic mass is 9.96. The molecule has 0 aliphatic carbocycles. The second-order valence-electron chi connectivity index (χ2n) is 6.65. The molecular weight excluding hydrogens is 240 g/mol. The summed E-state index contributed by atoms with van der Waals surface area (Å²) in [5.74, 6) is 0.960. The number of hydrogen-bond acceptors (Lipinski definition) is 0. The zero-order valence-corrected chi connectivity index (χ0v) is 14.5. The Hall–Kier alpha value is -0.260. The van der Waals surface area contributed by atoms with Crippen molar-refractivity contribution in [3.05, 3.63) is 12.7 Å². The van der Waals surface area contributed by atoms with E-state index in [4.69, 9.17) is 0 Å². The van der Waals surface area contributed by atoms with Gasteiger partial charge in [-0.25, -0.2) is 0 Å². The molecule has 0 aliphatic rings. The summed E-state index contributed by atoms with van der Waals surface area (Å²) < 4.78 is 0. The fourth-order valence-electron chi connectivity index (χ4n) is 2.91. The molecule has 1 atom stereocenters. The quantitative estimate of drug-likeness (QED) is 0.201. The fourth-order valence-corrected chi connectivity index (χ4v) is 2.91. The van der Waals surface area contributed by atoms with Crippen molar-refractivity contribution in [1.82, 2.24) is 0 Å². The standard InChI is InChI=1S/C20H40/c1-4-6-8-10-12-13-15-17-19-20(3)18-16-14-11-9-7-5-2/h4,20H,1,5-19H2,2-3H3. The molecule has 0 amide bonds. The summed E-state index contributed by atoms with van der Waals surface area (Å²) in [5.41, 5.74) is 0. The van der Waals surface area contributed by atoms with Gasteiger partial charge in [0.15, 0.2) is 0 Å². The van der Waals surface area contributed by atoms with Gasteiger partial charge in [-0.05, 0) is 18.8 Å². The van der Waals surface area contributed by atoms with Crippen LogP contribution in [0.5, 0.6) is 0 Å². The summed E-state index contributed by atoms with van der Waals surface area (Å²) in [6.07, 6.45) is 23.4. The summed E-state index contributed by atoms with van der Waals surface area (Å²) in [5, 5.41) is 0. The van der Waals surface area contributed by atoms with E-state index in [1.165, 1.54) is 96.3 Å². The van der Waals surface area contributed by atoms with Crippen molar-refractivity contribution in [3.63, 3.8) is 0 Å². The molecule has 0 spiro atoms. The minimum Gasteiger partial charge on any atom is -0.103 e. The number of unbranched alkanes of at least 4 members (excludes halogenated alkanes) is 11. The lowest BCUT2D eigenvalue weighted by Crippen LogP contribution is -1.95. The zero-order valence-electron chi connectivity index (χ0n) is 14.5. The molecule has 0 aromatic carbocycles. The van der Waals surface area contributed by atoms with Crippen LogP contribution in [-0.2, 0) is 0 Å². The van der Waals surface area contributed by atoms with Gasteiger partial charge in [-0.3, -0.25) is 0 Å². The molecule has 0 N–H and O–H groups in total. The molecule has 0 heteroatoms. The van der Waals surface area contributed by atoms with Crippen molar-refractivity contribution in [3.8, 4) is 0 Å². The van der Waals surface area contributed by atoms with Crippen LogP contribution in [0.4, 0.5) is 0 Å². The van der Waals surface area contributed by atoms with Crippen LogP contribution >= 0.6 is 0 Å². The van der Waals surface area contributed by atoms with Crippen LogP contribution in [0, 0.1) is 5.92 Å². The van der Waals surface area contributed by atoms with Crippen LogP contribution in [0.25, 0.3) is 0 Å². The van der Waals surface area contributed by atoms with Gasteiger partial charge in [0.25, 0.3) is 0 Å². The van der Waals surface area contributed by atoms with Gasteiger partial charge in [-0.2, -0.15) is 0 Å². The van der Waals surface area contributed by atoms with Crippen LogP contribution in [0.15, 0.2) is 12.7 Å². The highest BCUT2D eigenvalue weighted by molar-refractivity contribution is 4.65. The molecule has 120 valence electrons. The Bertz CT molecular complexity index is 182. The van der Waals surface area contributed by atoms with Gasteiger partial charge in [-0.1, -0.05) is 103 Å². The van der Waals surface area contributed by atoms with E-state index in [0.717, 1.165) is 5.92 Å². The van der Waals surface area contributed by atoms with E-state index < -0.39 is 0 Å². The van der Waals surface area contributed by atoms with Crippen LogP contribution in [-0.4, -0.2) is 0 Å². The predicted molar refractivity (Wildman–Crippen MR) is 94.3 cm³/mol. The van der Waals surface area contributed by atoms with Crippen molar-refractivity contribution >= 4 is 0 Å². The number of allylic oxidation sites excluding steroid dienone is 1. The van der Waals surface area contributed by atoms with E-state index in [0.29, 0.717) is 0 Å². The average Bonchev–Trinajstić information content (AvgIpc) is 2.45. The first kappa shape index (κ1) is 19.7. The number of rotatable bonds is 16. The molecule has 0 aromatic heterocycles. The second-order valence-corrected chi connectivity index (χ2v) is 6.65. The molecule has 0 aliphatic heterocycles. The molecular formula is C20H40. The third kappa shape index (κ3) is 15.8. The highest BCUT2D eigenvalue weighted by Gasteiger charge is 2.02. The molecule has 0 nitrogen and oxygen atoms in total. The summed E-state index contributed by atoms with van der Waals surface area (Å²) in [7, 11) is 0. The van der Waals surface area contributed by atoms with E-state index >= 15 is 0 Å². The maximum atomic E-state index is 3.77. The van der Waals surface area contributed by atoms with Crippen LogP contribution in [0.3, 0.4) is 0 Å². The van der Waals surface area contributed by atoms with Gasteiger partial charge in [0.1, 0.15) is 0 Å². The zero-order chi connectivity index (χ0) is 14.9. The molecule has 20 heavy (non-hydrogen) atoms. The second kappa shape index (κ2) is 16.8. The lowest BCUT2D eigenvalue weighted by molar-refractivity contribution is 0.431. The predicted octanol–water partition coefficient (Wildman–Crippen LogP) is 7.68. The Balaban J connectivity index is 3.12. The summed E-state index contributed by atoms with van der Waals surface area (Å²) in [6, 6.07) is 0. The molecule has 0 saturated carbocycles. The van der Waals surface area contributed by atoms with Gasteiger partial charge in [0.2, 0.25) is 0 Å². The van der Waals surface area contributed by atoms with E-state index in [2.05, 4.69) is 20.4 Å². The summed E-state index contributed by atoms with van der Waals surface area (Å²) >= 11 is 0. The topological polar surface area (TPSA) is 0 Å². The highest BCUT2D eigenvalue weighted by Crippen LogP contribution is 2.18. The normalized spacial score (nSPS) is 12.5. The van der Waals surface area contributed by atoms with Gasteiger partial charge in [-0.15, -0.1) is 6.58 Å². The number of hydrogen-bond donors (Lipinski definition) is 0. The molecule has 0 heterocycles. The van der Waals surface area contributed by atoms with Crippen molar-refractivity contribution in [2.75, 3.05) is 0 Å². The molecule has 0 aromatic rings. The van der Waals surface area contributed by atoms with Crippen molar-refractivity contribution < 1.29 is 0 Å². The van der Waals surface area contributed by atoms with Crippen LogP contribution < -0.4 is 0 Å². The maximum Gasteiger partial charge on any atom is -0.0353 e. The SMILES string of the molecule is C=CCCCCCCCCC(C)CCCCCCCC. The van der Waals surface area contributed by atoms with E-state index in [-0.39, 0.29) is 0 Å². The molecule has 0 rings (SSSR count). The van der Waals surface area contributed by atoms with Gasteiger partial charge in [0.05, 0.1) is 0 Å². The minimum atomic E-state index is 0.960. The molecule has 0 radical (unpaired) electrons. The monoisotopic (exact) mass is 280 g/mol. The Morgan fingerprint density at radius 1 is 0.700 bits per heavy atom. The Kier molecular flexibility index (Phi) is 16.6. The smallest absolute Gasteiger partial charge is 0.0353 e. The maximum absolute atomic E-state index is 3.77. The van der Waals surface area contributed by atoms with Crippen LogP contribution in [0.1, 0.15) is 110 Å². The van der Waals surface area contributed by atoms with Crippen molar-refractivity contribution in [2.45, 2.75) is 110 Å². The minimum absolute atomic E-state index is 0.960. The first-order valence-corrected chi connectivity index (χ1v) is 9.42. The van der Waals surface area contributed by atoms with Gasteiger partial charge >= 0.3 is 0 Å². The highest BCUT2D eigenvalue weighted by atomic mass is 14.1. The molecule has 0 fully saturated rings. The van der Waals surface area contributed by atoms with Gasteiger partial charge in [0, 0.05) is 0 Å². The van der Waals surface area contributed by atoms with E-state index in [1.54, 1.807) is 0 Å². The summed E-state index contributed by atoms with van der Waals surface area (Å²) in [6.45, 7) is 8.52. The fraction of sp³-hybridized carbons (Fsp3) is 0.900. The Morgan fingerprint density at radius 2 is 1.15 bits per heavy atom. The first-order chi connectivity index (χ1) is 9.81. The van der Waals surface area contributed by atoms with Gasteiger partial charge < -0.3 is 0 Å². The largest absolute Gasteiger partial charge is 0.103 e. The summed E-state index contributed by atoms with van der Waals surface area (Å²) in [4.78, 5) is 0. The Morgan fingerprint density at radius 3 is 1.65 bits per heavy atom. The third-order valence-corrected chi connectivity index (χ3v) is 4.41. The molecule has 0 bridgehead atoms. The molecule has 0 saturated heterocycles. The molecule has 1 unspecified atom stereocenters. The Labute approximate surface area is 129 Å². The first-order valence-electron chi connectivity index (χ1n) is 9.42. The average molecular weight is 281 g/mol. The van der Waals surface area contributed by atoms with Crippen molar-refractivity contribution in [2.24, 2.45) is 5.92 Å². The third-order valence-electron chi connectivity index (χ3n) is 4.41. The van der Waals surface area contributed by atoms with Crippen LogP contribution in [0.2, 0.25) is 0 Å². The van der Waals surface area contributed by atoms with E-state index in [9.17, 15) is 0 Å². The van der Waals surface area contributed by atoms with Crippen molar-refractivity contribution in [1.29, 1.82) is 0 Å².